The summed E-state index contributed by atoms with van der Waals surface area (Å²) in [6.07, 6.45) is 2.71. The van der Waals surface area contributed by atoms with Crippen LogP contribution in [0.15, 0.2) is 17.5 Å². The van der Waals surface area contributed by atoms with Gasteiger partial charge >= 0.3 is 5.97 Å². The largest absolute Gasteiger partial charge is 0.480 e. The van der Waals surface area contributed by atoms with E-state index in [1.54, 1.807) is 0 Å². The minimum atomic E-state index is -1.61. The molecule has 17 heteroatoms. The molecule has 1 aromatic rings. The number of aromatic amines is 1. The van der Waals surface area contributed by atoms with Gasteiger partial charge in [-0.3, -0.25) is 24.2 Å². The Kier molecular flexibility index (Phi) is 13.0. The smallest absolute Gasteiger partial charge is 0.328 e. The van der Waals surface area contributed by atoms with E-state index in [-0.39, 0.29) is 38.2 Å². The lowest BCUT2D eigenvalue weighted by Gasteiger charge is -2.24. The fourth-order valence-electron chi connectivity index (χ4n) is 3.04. The van der Waals surface area contributed by atoms with Crippen LogP contribution in [-0.2, 0) is 30.4 Å². The van der Waals surface area contributed by atoms with Crippen LogP contribution in [0.1, 0.15) is 31.4 Å². The number of carboxylic acid groups (broad SMARTS) is 1. The number of aliphatic hydroxyl groups is 1. The van der Waals surface area contributed by atoms with E-state index in [2.05, 4.69) is 30.9 Å². The quantitative estimate of drug-likeness (QED) is 0.0521. The zero-order chi connectivity index (χ0) is 28.0. The van der Waals surface area contributed by atoms with Gasteiger partial charge in [-0.15, -0.1) is 0 Å². The number of imidazole rings is 1. The number of hydrogen-bond donors (Lipinski definition) is 10. The molecule has 0 aliphatic carbocycles. The molecule has 0 spiro atoms. The number of amides is 4. The van der Waals surface area contributed by atoms with Crippen LogP contribution in [0.5, 0.6) is 0 Å². The van der Waals surface area contributed by atoms with Crippen LogP contribution >= 0.6 is 0 Å². The summed E-state index contributed by atoms with van der Waals surface area (Å²) in [5.41, 5.74) is 22.0. The zero-order valence-electron chi connectivity index (χ0n) is 20.1. The lowest BCUT2D eigenvalue weighted by atomic mass is 10.1. The van der Waals surface area contributed by atoms with Crippen molar-refractivity contribution >= 4 is 35.6 Å². The van der Waals surface area contributed by atoms with E-state index < -0.39 is 60.4 Å². The van der Waals surface area contributed by atoms with E-state index in [4.69, 9.17) is 28.0 Å². The summed E-state index contributed by atoms with van der Waals surface area (Å²) >= 11 is 0. The summed E-state index contributed by atoms with van der Waals surface area (Å²) in [4.78, 5) is 71.2. The second-order valence-corrected chi connectivity index (χ2v) is 8.05. The van der Waals surface area contributed by atoms with E-state index in [1.807, 2.05) is 0 Å². The molecule has 0 saturated heterocycles. The maximum Gasteiger partial charge on any atom is 0.328 e. The first kappa shape index (κ1) is 30.8. The number of nitrogens with one attached hydrogen (secondary N) is 4. The van der Waals surface area contributed by atoms with E-state index in [0.717, 1.165) is 0 Å². The van der Waals surface area contributed by atoms with E-state index in [0.29, 0.717) is 12.1 Å². The zero-order valence-corrected chi connectivity index (χ0v) is 20.1. The van der Waals surface area contributed by atoms with Crippen molar-refractivity contribution in [3.63, 3.8) is 0 Å². The number of aliphatic carboxylic acids is 1. The first-order chi connectivity index (χ1) is 17.4. The maximum absolute atomic E-state index is 13.0. The summed E-state index contributed by atoms with van der Waals surface area (Å²) in [7, 11) is 0. The number of primary amides is 1. The molecule has 0 saturated carbocycles. The van der Waals surface area contributed by atoms with Gasteiger partial charge in [0.15, 0.2) is 5.96 Å². The number of carbonyl (C=O) groups excluding carboxylic acids is 4. The molecule has 1 aromatic heterocycles. The molecular formula is C20H34N10O7. The average Bonchev–Trinajstić information content (AvgIpc) is 3.34. The Hall–Kier alpha value is -4.25. The Balaban J connectivity index is 2.97. The van der Waals surface area contributed by atoms with E-state index in [1.165, 1.54) is 12.5 Å². The molecular weight excluding hydrogens is 492 g/mol. The third-order valence-electron chi connectivity index (χ3n) is 5.03. The molecule has 206 valence electrons. The van der Waals surface area contributed by atoms with Gasteiger partial charge in [-0.2, -0.15) is 0 Å². The second kappa shape index (κ2) is 15.7. The Bertz CT molecular complexity index is 949. The first-order valence-corrected chi connectivity index (χ1v) is 11.3. The van der Waals surface area contributed by atoms with Gasteiger partial charge in [-0.1, -0.05) is 0 Å². The van der Waals surface area contributed by atoms with Gasteiger partial charge < -0.3 is 54.1 Å². The van der Waals surface area contributed by atoms with Crippen LogP contribution in [0, 0.1) is 0 Å². The molecule has 1 rings (SSSR count). The van der Waals surface area contributed by atoms with Crippen molar-refractivity contribution in [3.05, 3.63) is 18.2 Å². The number of H-pyrrole nitrogens is 1. The normalized spacial score (nSPS) is 13.9. The monoisotopic (exact) mass is 526 g/mol. The number of nitrogens with zero attached hydrogens (tertiary/aromatic N) is 2. The number of aliphatic imine (C=N–C) groups is 1. The molecule has 17 nitrogen and oxygen atoms in total. The molecule has 0 aliphatic heterocycles. The topological polar surface area (TPSA) is 307 Å². The van der Waals surface area contributed by atoms with Crippen molar-refractivity contribution in [3.8, 4) is 0 Å². The lowest BCUT2D eigenvalue weighted by molar-refractivity contribution is -0.143. The fraction of sp³-hybridized carbons (Fsp3) is 0.550. The summed E-state index contributed by atoms with van der Waals surface area (Å²) in [6, 6.07) is -5.27. The highest BCUT2D eigenvalue weighted by molar-refractivity contribution is 5.94. The number of hydrogen-bond acceptors (Lipinski definition) is 9. The van der Waals surface area contributed by atoms with Crippen molar-refractivity contribution in [1.29, 1.82) is 0 Å². The molecule has 0 radical (unpaired) electrons. The molecule has 1 heterocycles. The average molecular weight is 527 g/mol. The summed E-state index contributed by atoms with van der Waals surface area (Å²) in [6.45, 7) is -0.644. The van der Waals surface area contributed by atoms with Gasteiger partial charge in [0.25, 0.3) is 0 Å². The number of aromatic nitrogens is 2. The van der Waals surface area contributed by atoms with Gasteiger partial charge in [0, 0.05) is 31.3 Å². The number of carbonyl (C=O) groups is 5. The van der Waals surface area contributed by atoms with Crippen LogP contribution in [0.4, 0.5) is 0 Å². The van der Waals surface area contributed by atoms with Crippen molar-refractivity contribution in [1.82, 2.24) is 25.9 Å². The minimum absolute atomic E-state index is 0.108. The summed E-state index contributed by atoms with van der Waals surface area (Å²) < 4.78 is 0. The second-order valence-electron chi connectivity index (χ2n) is 8.05. The number of aliphatic hydroxyl groups excluding tert-OH is 1. The standard InChI is InChI=1S/C20H34N10O7/c21-11(2-1-5-26-20(23)24)16(33)28-12(3-4-15(22)32)17(34)29-13(6-10-7-25-9-27-10)18(35)30-14(8-31)19(36)37/h7,9,11-14,31H,1-6,8,21H2,(H2,22,32)(H,25,27)(H,28,33)(H,29,34)(H,30,35)(H,36,37)(H4,23,24,26). The predicted octanol–water partition coefficient (Wildman–Crippen LogP) is -4.87. The number of rotatable bonds is 17. The third kappa shape index (κ3) is 11.8. The molecule has 14 N–H and O–H groups in total. The van der Waals surface area contributed by atoms with Crippen molar-refractivity contribution in [2.24, 2.45) is 27.9 Å². The van der Waals surface area contributed by atoms with Crippen LogP contribution in [-0.4, -0.2) is 93.1 Å². The van der Waals surface area contributed by atoms with Crippen molar-refractivity contribution < 1.29 is 34.2 Å². The highest BCUT2D eigenvalue weighted by atomic mass is 16.4. The molecule has 4 unspecified atom stereocenters. The number of nitrogens with two attached hydrogens (primary N) is 4. The van der Waals surface area contributed by atoms with E-state index in [9.17, 15) is 29.1 Å². The van der Waals surface area contributed by atoms with Crippen LogP contribution in [0.25, 0.3) is 0 Å². The predicted molar refractivity (Wildman–Crippen MR) is 129 cm³/mol. The maximum atomic E-state index is 13.0. The highest BCUT2D eigenvalue weighted by Gasteiger charge is 2.30. The van der Waals surface area contributed by atoms with Crippen LogP contribution < -0.4 is 38.9 Å². The first-order valence-electron chi connectivity index (χ1n) is 11.3. The van der Waals surface area contributed by atoms with Gasteiger partial charge in [-0.25, -0.2) is 9.78 Å². The minimum Gasteiger partial charge on any atom is -0.480 e. The van der Waals surface area contributed by atoms with Gasteiger partial charge in [0.2, 0.25) is 23.6 Å². The molecule has 0 bridgehead atoms. The molecule has 0 aromatic carbocycles. The van der Waals surface area contributed by atoms with Gasteiger partial charge in [0.1, 0.15) is 18.1 Å². The molecule has 4 amide bonds. The lowest BCUT2D eigenvalue weighted by Crippen LogP contribution is -2.58. The SMILES string of the molecule is NC(=O)CCC(NC(=O)C(N)CCCN=C(N)N)C(=O)NC(Cc1cnc[nH]1)C(=O)NC(CO)C(=O)O. The third-order valence-corrected chi connectivity index (χ3v) is 5.03. The highest BCUT2D eigenvalue weighted by Crippen LogP contribution is 2.05. The fourth-order valence-corrected chi connectivity index (χ4v) is 3.04. The summed E-state index contributed by atoms with van der Waals surface area (Å²) in [5, 5.41) is 25.3. The van der Waals surface area contributed by atoms with Gasteiger partial charge in [0.05, 0.1) is 19.0 Å². The Morgan fingerprint density at radius 2 is 1.59 bits per heavy atom. The Morgan fingerprint density at radius 1 is 0.973 bits per heavy atom. The van der Waals surface area contributed by atoms with E-state index >= 15 is 0 Å². The molecule has 4 atom stereocenters. The van der Waals surface area contributed by atoms with Crippen molar-refractivity contribution in [2.45, 2.75) is 56.3 Å². The number of guanidine groups is 1. The van der Waals surface area contributed by atoms with Gasteiger partial charge in [-0.05, 0) is 19.3 Å². The molecule has 0 fully saturated rings. The van der Waals surface area contributed by atoms with Crippen LogP contribution in [0.2, 0.25) is 0 Å². The molecule has 0 aliphatic rings. The Labute approximate surface area is 211 Å². The van der Waals surface area contributed by atoms with Crippen molar-refractivity contribution in [2.75, 3.05) is 13.2 Å². The number of carboxylic acids is 1. The molecule has 37 heavy (non-hydrogen) atoms. The van der Waals surface area contributed by atoms with Crippen LogP contribution in [0.3, 0.4) is 0 Å². The Morgan fingerprint density at radius 3 is 2.14 bits per heavy atom. The summed E-state index contributed by atoms with van der Waals surface area (Å²) in [5.74, 6) is -4.78.